The maximum absolute atomic E-state index is 12.6. The zero-order valence-corrected chi connectivity index (χ0v) is 17.2. The smallest absolute Gasteiger partial charge is 0.240 e. The van der Waals surface area contributed by atoms with Crippen LogP contribution < -0.4 is 23.7 Å². The molecule has 0 aliphatic heterocycles. The van der Waals surface area contributed by atoms with Crippen LogP contribution in [-0.2, 0) is 16.6 Å². The lowest BCUT2D eigenvalue weighted by molar-refractivity contribution is 0.322. The molecule has 0 fully saturated rings. The Morgan fingerprint density at radius 1 is 0.885 bits per heavy atom. The molecule has 0 amide bonds. The molecule has 0 unspecified atom stereocenters. The molecule has 2 rings (SSSR count). The number of halogens is 1. The van der Waals surface area contributed by atoms with E-state index in [4.69, 9.17) is 18.9 Å². The number of methoxy groups -OCH3 is 4. The average molecular weight is 446 g/mol. The van der Waals surface area contributed by atoms with E-state index in [2.05, 4.69) is 20.7 Å². The Kier molecular flexibility index (Phi) is 6.74. The van der Waals surface area contributed by atoms with Gasteiger partial charge >= 0.3 is 0 Å². The van der Waals surface area contributed by atoms with Crippen molar-refractivity contribution in [3.8, 4) is 23.0 Å². The molecular weight excluding hydrogens is 426 g/mol. The zero-order valence-electron chi connectivity index (χ0n) is 14.8. The van der Waals surface area contributed by atoms with Crippen LogP contribution in [-0.4, -0.2) is 36.9 Å². The van der Waals surface area contributed by atoms with E-state index in [1.165, 1.54) is 40.6 Å². The Morgan fingerprint density at radius 3 is 2.04 bits per heavy atom. The summed E-state index contributed by atoms with van der Waals surface area (Å²) in [6.07, 6.45) is 0. The van der Waals surface area contributed by atoms with E-state index < -0.39 is 10.0 Å². The van der Waals surface area contributed by atoms with Gasteiger partial charge in [0.2, 0.25) is 15.8 Å². The Bertz CT molecular complexity index is 885. The number of sulfonamides is 1. The molecule has 0 saturated heterocycles. The summed E-state index contributed by atoms with van der Waals surface area (Å²) in [5.41, 5.74) is 0.612. The number of ether oxygens (including phenoxy) is 4. The molecular formula is C17H20BrNO6S. The first-order valence-electron chi connectivity index (χ1n) is 7.49. The third kappa shape index (κ3) is 4.22. The second kappa shape index (κ2) is 8.61. The molecule has 0 aliphatic rings. The minimum atomic E-state index is -3.73. The Balaban J connectivity index is 2.28. The summed E-state index contributed by atoms with van der Waals surface area (Å²) in [4.78, 5) is 0.115. The predicted octanol–water partition coefficient (Wildman–Crippen LogP) is 2.96. The molecule has 0 bridgehead atoms. The molecule has 26 heavy (non-hydrogen) atoms. The summed E-state index contributed by atoms with van der Waals surface area (Å²) < 4.78 is 49.2. The van der Waals surface area contributed by atoms with E-state index in [1.807, 2.05) is 0 Å². The first-order valence-corrected chi connectivity index (χ1v) is 9.76. The maximum Gasteiger partial charge on any atom is 0.240 e. The van der Waals surface area contributed by atoms with Gasteiger partial charge in [0, 0.05) is 12.1 Å². The van der Waals surface area contributed by atoms with E-state index >= 15 is 0 Å². The molecule has 2 aromatic rings. The Morgan fingerprint density at radius 2 is 1.50 bits per heavy atom. The number of nitrogens with one attached hydrogen (secondary N) is 1. The standard InChI is InChI=1S/C17H20BrNO6S/c1-22-14-8-6-12(9-13(14)18)26(20,21)19-10-11-5-7-15(23-2)17(25-4)16(11)24-3/h5-9,19H,10H2,1-4H3. The fourth-order valence-corrected chi connectivity index (χ4v) is 4.10. The maximum atomic E-state index is 12.6. The number of hydrogen-bond donors (Lipinski definition) is 1. The zero-order chi connectivity index (χ0) is 19.3. The van der Waals surface area contributed by atoms with Gasteiger partial charge in [-0.3, -0.25) is 0 Å². The molecule has 1 N–H and O–H groups in total. The lowest BCUT2D eigenvalue weighted by atomic mass is 10.1. The summed E-state index contributed by atoms with van der Waals surface area (Å²) in [6, 6.07) is 7.93. The van der Waals surface area contributed by atoms with Crippen molar-refractivity contribution in [1.82, 2.24) is 4.72 Å². The van der Waals surface area contributed by atoms with Crippen molar-refractivity contribution in [2.45, 2.75) is 11.4 Å². The van der Waals surface area contributed by atoms with Gasteiger partial charge in [-0.25, -0.2) is 13.1 Å². The minimum absolute atomic E-state index is 0.0233. The van der Waals surface area contributed by atoms with Crippen molar-refractivity contribution < 1.29 is 27.4 Å². The van der Waals surface area contributed by atoms with Gasteiger partial charge in [0.05, 0.1) is 37.8 Å². The van der Waals surface area contributed by atoms with E-state index in [-0.39, 0.29) is 11.4 Å². The highest BCUT2D eigenvalue weighted by Crippen LogP contribution is 2.39. The van der Waals surface area contributed by atoms with Crippen molar-refractivity contribution in [1.29, 1.82) is 0 Å². The quantitative estimate of drug-likeness (QED) is 0.672. The summed E-state index contributed by atoms with van der Waals surface area (Å²) in [5, 5.41) is 0. The van der Waals surface area contributed by atoms with Crippen molar-refractivity contribution in [3.63, 3.8) is 0 Å². The molecule has 0 aliphatic carbocycles. The molecule has 142 valence electrons. The van der Waals surface area contributed by atoms with Gasteiger partial charge < -0.3 is 18.9 Å². The van der Waals surface area contributed by atoms with E-state index in [0.717, 1.165) is 0 Å². The normalized spacial score (nSPS) is 11.1. The van der Waals surface area contributed by atoms with E-state index in [9.17, 15) is 8.42 Å². The van der Waals surface area contributed by atoms with Crippen molar-refractivity contribution in [2.75, 3.05) is 28.4 Å². The summed E-state index contributed by atoms with van der Waals surface area (Å²) in [7, 11) is 2.27. The van der Waals surface area contributed by atoms with Crippen molar-refractivity contribution in [3.05, 3.63) is 40.4 Å². The van der Waals surface area contributed by atoms with Crippen LogP contribution in [0.4, 0.5) is 0 Å². The van der Waals surface area contributed by atoms with Crippen molar-refractivity contribution in [2.24, 2.45) is 0 Å². The van der Waals surface area contributed by atoms with Gasteiger partial charge in [0.25, 0.3) is 0 Å². The van der Waals surface area contributed by atoms with Crippen LogP contribution in [0.1, 0.15) is 5.56 Å². The SMILES string of the molecule is COc1ccc(S(=O)(=O)NCc2ccc(OC)c(OC)c2OC)cc1Br. The van der Waals surface area contributed by atoms with E-state index in [0.29, 0.717) is 33.0 Å². The number of rotatable bonds is 8. The highest BCUT2D eigenvalue weighted by Gasteiger charge is 2.20. The second-order valence-electron chi connectivity index (χ2n) is 5.11. The molecule has 0 radical (unpaired) electrons. The molecule has 7 nitrogen and oxygen atoms in total. The first kappa shape index (κ1) is 20.3. The molecule has 9 heteroatoms. The highest BCUT2D eigenvalue weighted by molar-refractivity contribution is 9.10. The molecule has 0 aromatic heterocycles. The van der Waals surface area contributed by atoms with Crippen molar-refractivity contribution >= 4 is 26.0 Å². The van der Waals surface area contributed by atoms with Crippen LogP contribution in [0.3, 0.4) is 0 Å². The molecule has 2 aromatic carbocycles. The largest absolute Gasteiger partial charge is 0.496 e. The minimum Gasteiger partial charge on any atom is -0.496 e. The van der Waals surface area contributed by atoms with Gasteiger partial charge in [0.1, 0.15) is 5.75 Å². The third-order valence-corrected chi connectivity index (χ3v) is 5.69. The van der Waals surface area contributed by atoms with Crippen LogP contribution >= 0.6 is 15.9 Å². The first-order chi connectivity index (χ1) is 12.4. The lowest BCUT2D eigenvalue weighted by Crippen LogP contribution is -2.23. The topological polar surface area (TPSA) is 83.1 Å². The van der Waals surface area contributed by atoms with Gasteiger partial charge in [0.15, 0.2) is 11.5 Å². The Hall–Kier alpha value is -1.97. The molecule has 0 saturated carbocycles. The van der Waals surface area contributed by atoms with E-state index in [1.54, 1.807) is 18.2 Å². The van der Waals surface area contributed by atoms with Gasteiger partial charge in [-0.2, -0.15) is 0 Å². The molecule has 0 heterocycles. The lowest BCUT2D eigenvalue weighted by Gasteiger charge is -2.16. The third-order valence-electron chi connectivity index (χ3n) is 3.67. The Labute approximate surface area is 161 Å². The number of benzene rings is 2. The molecule has 0 spiro atoms. The fourth-order valence-electron chi connectivity index (χ4n) is 2.37. The van der Waals surface area contributed by atoms with Gasteiger partial charge in [-0.15, -0.1) is 0 Å². The fraction of sp³-hybridized carbons (Fsp3) is 0.294. The monoisotopic (exact) mass is 445 g/mol. The summed E-state index contributed by atoms with van der Waals surface area (Å²) >= 11 is 3.29. The highest BCUT2D eigenvalue weighted by atomic mass is 79.9. The number of hydrogen-bond acceptors (Lipinski definition) is 6. The van der Waals surface area contributed by atoms with Gasteiger partial charge in [-0.05, 0) is 40.2 Å². The van der Waals surface area contributed by atoms with Crippen LogP contribution in [0.5, 0.6) is 23.0 Å². The van der Waals surface area contributed by atoms with Crippen LogP contribution in [0.15, 0.2) is 39.7 Å². The molecule has 0 atom stereocenters. The van der Waals surface area contributed by atoms with Crippen LogP contribution in [0.2, 0.25) is 0 Å². The van der Waals surface area contributed by atoms with Gasteiger partial charge in [-0.1, -0.05) is 6.07 Å². The summed E-state index contributed by atoms with van der Waals surface area (Å²) in [5.74, 6) is 1.85. The average Bonchev–Trinajstić information content (AvgIpc) is 2.65. The second-order valence-corrected chi connectivity index (χ2v) is 7.74. The predicted molar refractivity (Wildman–Crippen MR) is 101 cm³/mol. The summed E-state index contributed by atoms with van der Waals surface area (Å²) in [6.45, 7) is 0.0233. The van der Waals surface area contributed by atoms with Crippen LogP contribution in [0, 0.1) is 0 Å². The van der Waals surface area contributed by atoms with Crippen LogP contribution in [0.25, 0.3) is 0 Å².